The highest BCUT2D eigenvalue weighted by atomic mass is 35.5. The van der Waals surface area contributed by atoms with Crippen LogP contribution in [0, 0.1) is 4.77 Å². The molecule has 94 valence electrons. The second kappa shape index (κ2) is 5.32. The summed E-state index contributed by atoms with van der Waals surface area (Å²) in [7, 11) is 0. The second-order valence-corrected chi connectivity index (χ2v) is 4.36. The third-order valence-electron chi connectivity index (χ3n) is 2.33. The van der Waals surface area contributed by atoms with E-state index in [1.807, 2.05) is 6.92 Å². The molecular formula is C11H11ClN4OS. The van der Waals surface area contributed by atoms with Crippen LogP contribution in [0.5, 0.6) is 5.75 Å². The number of aryl methyl sites for hydroxylation is 1. The van der Waals surface area contributed by atoms with Crippen molar-refractivity contribution in [1.29, 1.82) is 0 Å². The van der Waals surface area contributed by atoms with Gasteiger partial charge in [0.1, 0.15) is 5.75 Å². The van der Waals surface area contributed by atoms with Crippen molar-refractivity contribution in [3.8, 4) is 5.75 Å². The molecule has 18 heavy (non-hydrogen) atoms. The summed E-state index contributed by atoms with van der Waals surface area (Å²) >= 11 is 10.9. The molecule has 0 amide bonds. The Kier molecular flexibility index (Phi) is 3.78. The highest BCUT2D eigenvalue weighted by molar-refractivity contribution is 7.71. The average Bonchev–Trinajstić information content (AvgIpc) is 2.71. The van der Waals surface area contributed by atoms with Crippen molar-refractivity contribution in [1.82, 2.24) is 14.9 Å². The van der Waals surface area contributed by atoms with E-state index in [4.69, 9.17) is 23.8 Å². The lowest BCUT2D eigenvalue weighted by atomic mass is 10.2. The van der Waals surface area contributed by atoms with Gasteiger partial charge in [0.25, 0.3) is 0 Å². The first-order chi connectivity index (χ1) is 8.61. The average molecular weight is 283 g/mol. The Morgan fingerprint density at radius 3 is 3.06 bits per heavy atom. The number of phenols is 1. The minimum Gasteiger partial charge on any atom is -0.506 e. The molecule has 1 aromatic carbocycles. The largest absolute Gasteiger partial charge is 0.506 e. The first-order valence-electron chi connectivity index (χ1n) is 5.31. The van der Waals surface area contributed by atoms with Crippen LogP contribution in [0.15, 0.2) is 23.3 Å². The molecule has 0 aliphatic rings. The Morgan fingerprint density at radius 2 is 2.39 bits per heavy atom. The molecule has 2 rings (SSSR count). The van der Waals surface area contributed by atoms with Crippen molar-refractivity contribution >= 4 is 30.0 Å². The molecule has 0 bridgehead atoms. The first kappa shape index (κ1) is 12.8. The fourth-order valence-electron chi connectivity index (χ4n) is 1.40. The van der Waals surface area contributed by atoms with Crippen LogP contribution < -0.4 is 0 Å². The van der Waals surface area contributed by atoms with Gasteiger partial charge in [-0.15, -0.1) is 0 Å². The highest BCUT2D eigenvalue weighted by Gasteiger charge is 2.02. The molecule has 1 aromatic heterocycles. The molecule has 0 spiro atoms. The first-order valence-corrected chi connectivity index (χ1v) is 6.09. The van der Waals surface area contributed by atoms with E-state index in [0.29, 0.717) is 4.77 Å². The van der Waals surface area contributed by atoms with Crippen LogP contribution in [0.3, 0.4) is 0 Å². The number of aromatic hydroxyl groups is 1. The zero-order chi connectivity index (χ0) is 13.1. The Bertz CT molecular complexity index is 647. The normalized spacial score (nSPS) is 11.2. The lowest BCUT2D eigenvalue weighted by molar-refractivity contribution is 0.475. The summed E-state index contributed by atoms with van der Waals surface area (Å²) in [5.41, 5.74) is 0.767. The van der Waals surface area contributed by atoms with Gasteiger partial charge in [-0.3, -0.25) is 5.10 Å². The number of phenolic OH excluding ortho intramolecular Hbond substituents is 1. The van der Waals surface area contributed by atoms with Gasteiger partial charge in [0.15, 0.2) is 5.82 Å². The zero-order valence-corrected chi connectivity index (χ0v) is 11.2. The summed E-state index contributed by atoms with van der Waals surface area (Å²) in [5, 5.41) is 20.5. The summed E-state index contributed by atoms with van der Waals surface area (Å²) in [5.74, 6) is 0.795. The predicted octanol–water partition coefficient (Wildman–Crippen LogP) is 2.74. The van der Waals surface area contributed by atoms with Gasteiger partial charge in [-0.2, -0.15) is 14.9 Å². The monoisotopic (exact) mass is 282 g/mol. The standard InChI is InChI=1S/C11H11ClN4OS/c1-2-10-14-15-11(18)16(10)13-6-7-3-4-9(17)8(12)5-7/h3-6,17H,2H2,1H3,(H,15,18)/b13-6-. The van der Waals surface area contributed by atoms with Crippen LogP contribution in [0.4, 0.5) is 0 Å². The second-order valence-electron chi connectivity index (χ2n) is 3.57. The molecule has 0 saturated heterocycles. The molecule has 0 atom stereocenters. The summed E-state index contributed by atoms with van der Waals surface area (Å²) in [4.78, 5) is 0. The van der Waals surface area contributed by atoms with Crippen molar-refractivity contribution in [3.63, 3.8) is 0 Å². The number of hydrogen-bond donors (Lipinski definition) is 2. The van der Waals surface area contributed by atoms with Gasteiger partial charge in [0, 0.05) is 6.42 Å². The topological polar surface area (TPSA) is 66.2 Å². The summed E-state index contributed by atoms with van der Waals surface area (Å²) in [6.45, 7) is 1.97. The number of nitrogens with one attached hydrogen (secondary N) is 1. The van der Waals surface area contributed by atoms with Crippen molar-refractivity contribution in [2.24, 2.45) is 5.10 Å². The number of aromatic nitrogens is 3. The lowest BCUT2D eigenvalue weighted by Crippen LogP contribution is -1.97. The number of aromatic amines is 1. The van der Waals surface area contributed by atoms with Crippen LogP contribution in [0.2, 0.25) is 5.02 Å². The summed E-state index contributed by atoms with van der Waals surface area (Å²) in [6, 6.07) is 4.84. The highest BCUT2D eigenvalue weighted by Crippen LogP contribution is 2.22. The van der Waals surface area contributed by atoms with Crippen LogP contribution in [0.1, 0.15) is 18.3 Å². The van der Waals surface area contributed by atoms with Gasteiger partial charge in [-0.05, 0) is 36.0 Å². The van der Waals surface area contributed by atoms with Crippen LogP contribution in [-0.2, 0) is 6.42 Å². The Morgan fingerprint density at radius 1 is 1.61 bits per heavy atom. The molecule has 0 aliphatic heterocycles. The van der Waals surface area contributed by atoms with E-state index < -0.39 is 0 Å². The minimum absolute atomic E-state index is 0.0444. The van der Waals surface area contributed by atoms with E-state index in [-0.39, 0.29) is 10.8 Å². The number of hydrogen-bond acceptors (Lipinski definition) is 4. The fraction of sp³-hybridized carbons (Fsp3) is 0.182. The molecular weight excluding hydrogens is 272 g/mol. The SMILES string of the molecule is CCc1n[nH]c(=S)n1/N=C\c1ccc(O)c(Cl)c1. The van der Waals surface area contributed by atoms with Gasteiger partial charge in [0.2, 0.25) is 4.77 Å². The van der Waals surface area contributed by atoms with Crippen LogP contribution in [0.25, 0.3) is 0 Å². The van der Waals surface area contributed by atoms with Crippen molar-refractivity contribution < 1.29 is 5.11 Å². The van der Waals surface area contributed by atoms with E-state index >= 15 is 0 Å². The van der Waals surface area contributed by atoms with Crippen molar-refractivity contribution in [2.45, 2.75) is 13.3 Å². The van der Waals surface area contributed by atoms with Crippen molar-refractivity contribution in [2.75, 3.05) is 0 Å². The zero-order valence-electron chi connectivity index (χ0n) is 9.59. The maximum absolute atomic E-state index is 9.31. The fourth-order valence-corrected chi connectivity index (χ4v) is 1.79. The maximum Gasteiger partial charge on any atom is 0.216 e. The van der Waals surface area contributed by atoms with E-state index in [9.17, 15) is 5.11 Å². The molecule has 0 saturated carbocycles. The van der Waals surface area contributed by atoms with Gasteiger partial charge < -0.3 is 5.11 Å². The summed E-state index contributed by atoms with van der Waals surface area (Å²) < 4.78 is 1.99. The Balaban J connectivity index is 2.32. The van der Waals surface area contributed by atoms with Gasteiger partial charge in [-0.1, -0.05) is 18.5 Å². The van der Waals surface area contributed by atoms with E-state index in [1.54, 1.807) is 23.0 Å². The molecule has 1 heterocycles. The Labute approximate surface area is 114 Å². The third kappa shape index (κ3) is 2.60. The number of benzene rings is 1. The smallest absolute Gasteiger partial charge is 0.216 e. The van der Waals surface area contributed by atoms with Crippen LogP contribution >= 0.6 is 23.8 Å². The number of halogens is 1. The molecule has 0 aliphatic carbocycles. The van der Waals surface area contributed by atoms with E-state index in [0.717, 1.165) is 17.8 Å². The molecule has 0 radical (unpaired) electrons. The van der Waals surface area contributed by atoms with Gasteiger partial charge >= 0.3 is 0 Å². The molecule has 7 heteroatoms. The maximum atomic E-state index is 9.31. The van der Waals surface area contributed by atoms with Crippen molar-refractivity contribution in [3.05, 3.63) is 39.4 Å². The van der Waals surface area contributed by atoms with Gasteiger partial charge in [0.05, 0.1) is 11.2 Å². The molecule has 2 N–H and O–H groups in total. The number of H-pyrrole nitrogens is 1. The third-order valence-corrected chi connectivity index (χ3v) is 2.89. The number of rotatable bonds is 3. The predicted molar refractivity (Wildman–Crippen MR) is 72.9 cm³/mol. The molecule has 2 aromatic rings. The summed E-state index contributed by atoms with van der Waals surface area (Å²) in [6.07, 6.45) is 2.33. The van der Waals surface area contributed by atoms with Gasteiger partial charge in [-0.25, -0.2) is 0 Å². The number of nitrogens with zero attached hydrogens (tertiary/aromatic N) is 3. The van der Waals surface area contributed by atoms with E-state index in [2.05, 4.69) is 15.3 Å². The minimum atomic E-state index is 0.0444. The molecule has 5 nitrogen and oxygen atoms in total. The van der Waals surface area contributed by atoms with Crippen LogP contribution in [-0.4, -0.2) is 26.2 Å². The lowest BCUT2D eigenvalue weighted by Gasteiger charge is -1.99. The molecule has 0 unspecified atom stereocenters. The quantitative estimate of drug-likeness (QED) is 0.672. The molecule has 0 fully saturated rings. The Hall–Kier alpha value is -1.66. The van der Waals surface area contributed by atoms with E-state index in [1.165, 1.54) is 6.07 Å².